The number of non-ortho nitro benzene ring substituents is 1. The summed E-state index contributed by atoms with van der Waals surface area (Å²) >= 11 is 3.46. The van der Waals surface area contributed by atoms with Crippen molar-refractivity contribution in [3.05, 3.63) is 99.5 Å². The molecule has 1 heterocycles. The fraction of sp³-hybridized carbons (Fsp3) is 0. The van der Waals surface area contributed by atoms with Crippen molar-refractivity contribution in [2.75, 3.05) is 0 Å². The zero-order chi connectivity index (χ0) is 18.8. The van der Waals surface area contributed by atoms with Crippen molar-refractivity contribution in [1.82, 2.24) is 0 Å². The van der Waals surface area contributed by atoms with Gasteiger partial charge in [0.25, 0.3) is 5.69 Å². The minimum Gasteiger partial charge on any atom is -0.455 e. The smallest absolute Gasteiger partial charge is 0.269 e. The maximum Gasteiger partial charge on any atom is 0.269 e. The van der Waals surface area contributed by atoms with Crippen molar-refractivity contribution in [2.45, 2.75) is 0 Å². The number of hydrogen-bond acceptors (Lipinski definition) is 3. The van der Waals surface area contributed by atoms with Gasteiger partial charge in [-0.1, -0.05) is 58.4 Å². The summed E-state index contributed by atoms with van der Waals surface area (Å²) < 4.78 is 7.20. The van der Waals surface area contributed by atoms with Crippen molar-refractivity contribution >= 4 is 21.6 Å². The van der Waals surface area contributed by atoms with E-state index in [1.807, 2.05) is 60.7 Å². The van der Waals surface area contributed by atoms with Gasteiger partial charge in [0.05, 0.1) is 4.92 Å². The van der Waals surface area contributed by atoms with Gasteiger partial charge in [0.1, 0.15) is 11.5 Å². The fourth-order valence-corrected chi connectivity index (χ4v) is 3.19. The number of furan rings is 1. The third kappa shape index (κ3) is 3.55. The highest BCUT2D eigenvalue weighted by molar-refractivity contribution is 9.10. The normalized spacial score (nSPS) is 10.7. The molecule has 0 aliphatic heterocycles. The Morgan fingerprint density at radius 2 is 1.41 bits per heavy atom. The second-order valence-corrected chi connectivity index (χ2v) is 6.95. The van der Waals surface area contributed by atoms with Crippen molar-refractivity contribution < 1.29 is 9.34 Å². The summed E-state index contributed by atoms with van der Waals surface area (Å²) in [7, 11) is 0. The first kappa shape index (κ1) is 17.2. The molecule has 0 amide bonds. The van der Waals surface area contributed by atoms with Crippen molar-refractivity contribution in [3.8, 4) is 33.8 Å². The molecular formula is C22H14BrNO3. The zero-order valence-corrected chi connectivity index (χ0v) is 15.7. The van der Waals surface area contributed by atoms with Gasteiger partial charge in [-0.2, -0.15) is 0 Å². The minimum atomic E-state index is -0.408. The molecule has 0 saturated carbocycles. The molecule has 0 fully saturated rings. The Balaban J connectivity index is 1.84. The maximum absolute atomic E-state index is 10.9. The third-order valence-corrected chi connectivity index (χ3v) is 4.81. The third-order valence-electron chi connectivity index (χ3n) is 4.29. The van der Waals surface area contributed by atoms with Gasteiger partial charge in [-0.25, -0.2) is 0 Å². The fourth-order valence-electron chi connectivity index (χ4n) is 2.93. The highest BCUT2D eigenvalue weighted by atomic mass is 79.9. The van der Waals surface area contributed by atoms with E-state index in [2.05, 4.69) is 15.9 Å². The van der Waals surface area contributed by atoms with E-state index in [9.17, 15) is 10.1 Å². The van der Waals surface area contributed by atoms with Crippen LogP contribution in [0.15, 0.2) is 93.8 Å². The lowest BCUT2D eigenvalue weighted by molar-refractivity contribution is -0.384. The molecule has 1 aromatic heterocycles. The van der Waals surface area contributed by atoms with Gasteiger partial charge in [0, 0.05) is 33.3 Å². The number of nitrogens with zero attached hydrogens (tertiary/aromatic N) is 1. The summed E-state index contributed by atoms with van der Waals surface area (Å²) in [6.45, 7) is 0. The summed E-state index contributed by atoms with van der Waals surface area (Å²) in [6.07, 6.45) is 0. The second kappa shape index (κ2) is 7.21. The molecular weight excluding hydrogens is 406 g/mol. The van der Waals surface area contributed by atoms with Crippen LogP contribution in [0.4, 0.5) is 5.69 Å². The SMILES string of the molecule is O=[N+]([O-])c1ccc(-c2cc(-c3ccc(Br)cc3)c(-c3ccccc3)o2)cc1. The Hall–Kier alpha value is -3.18. The molecule has 4 aromatic rings. The van der Waals surface area contributed by atoms with Gasteiger partial charge in [-0.3, -0.25) is 10.1 Å². The molecule has 0 unspecified atom stereocenters. The number of hydrogen-bond donors (Lipinski definition) is 0. The van der Waals surface area contributed by atoms with Gasteiger partial charge in [-0.15, -0.1) is 0 Å². The first-order chi connectivity index (χ1) is 13.1. The number of rotatable bonds is 4. The van der Waals surface area contributed by atoms with E-state index in [1.54, 1.807) is 12.1 Å². The first-order valence-electron chi connectivity index (χ1n) is 8.32. The Kier molecular flexibility index (Phi) is 4.60. The Morgan fingerprint density at radius 1 is 0.778 bits per heavy atom. The first-order valence-corrected chi connectivity index (χ1v) is 9.11. The predicted octanol–water partition coefficient (Wildman–Crippen LogP) is 6.95. The molecule has 0 atom stereocenters. The molecule has 0 radical (unpaired) electrons. The van der Waals surface area contributed by atoms with Crippen LogP contribution in [0.1, 0.15) is 0 Å². The molecule has 3 aromatic carbocycles. The van der Waals surface area contributed by atoms with Gasteiger partial charge in [0.2, 0.25) is 0 Å². The molecule has 0 spiro atoms. The van der Waals surface area contributed by atoms with Crippen LogP contribution in [-0.2, 0) is 0 Å². The van der Waals surface area contributed by atoms with E-state index in [4.69, 9.17) is 4.42 Å². The predicted molar refractivity (Wildman–Crippen MR) is 109 cm³/mol. The second-order valence-electron chi connectivity index (χ2n) is 6.03. The summed E-state index contributed by atoms with van der Waals surface area (Å²) in [6, 6.07) is 26.3. The molecule has 27 heavy (non-hydrogen) atoms. The number of nitro benzene ring substituents is 1. The highest BCUT2D eigenvalue weighted by Gasteiger charge is 2.16. The van der Waals surface area contributed by atoms with Crippen LogP contribution in [0, 0.1) is 10.1 Å². The van der Waals surface area contributed by atoms with Crippen molar-refractivity contribution in [2.24, 2.45) is 0 Å². The number of halogens is 1. The molecule has 132 valence electrons. The Bertz CT molecular complexity index is 1080. The largest absolute Gasteiger partial charge is 0.455 e. The molecule has 4 rings (SSSR count). The van der Waals surface area contributed by atoms with Crippen molar-refractivity contribution in [1.29, 1.82) is 0 Å². The van der Waals surface area contributed by atoms with Crippen LogP contribution in [0.25, 0.3) is 33.8 Å². The molecule has 0 aliphatic carbocycles. The Morgan fingerprint density at radius 3 is 2.04 bits per heavy atom. The van der Waals surface area contributed by atoms with E-state index >= 15 is 0 Å². The molecule has 4 nitrogen and oxygen atoms in total. The maximum atomic E-state index is 10.9. The van der Waals surface area contributed by atoms with Crippen LogP contribution >= 0.6 is 15.9 Å². The zero-order valence-electron chi connectivity index (χ0n) is 14.1. The number of nitro groups is 1. The topological polar surface area (TPSA) is 56.3 Å². The molecule has 0 N–H and O–H groups in total. The lowest BCUT2D eigenvalue weighted by atomic mass is 10.0. The summed E-state index contributed by atoms with van der Waals surface area (Å²) in [5, 5.41) is 10.9. The summed E-state index contributed by atoms with van der Waals surface area (Å²) in [5.74, 6) is 1.44. The minimum absolute atomic E-state index is 0.0572. The molecule has 0 saturated heterocycles. The average Bonchev–Trinajstić information content (AvgIpc) is 3.15. The van der Waals surface area contributed by atoms with Gasteiger partial charge in [-0.05, 0) is 35.9 Å². The molecule has 0 bridgehead atoms. The monoisotopic (exact) mass is 419 g/mol. The highest BCUT2D eigenvalue weighted by Crippen LogP contribution is 2.39. The van der Waals surface area contributed by atoms with E-state index < -0.39 is 4.92 Å². The van der Waals surface area contributed by atoms with Crippen molar-refractivity contribution in [3.63, 3.8) is 0 Å². The quantitative estimate of drug-likeness (QED) is 0.265. The van der Waals surface area contributed by atoms with E-state index in [-0.39, 0.29) is 5.69 Å². The van der Waals surface area contributed by atoms with E-state index in [1.165, 1.54) is 12.1 Å². The standard InChI is InChI=1S/C22H14BrNO3/c23-18-10-6-15(7-11-18)20-14-21(16-8-12-19(13-9-16)24(25)26)27-22(20)17-4-2-1-3-5-17/h1-14H. The van der Waals surface area contributed by atoms with Crippen LogP contribution < -0.4 is 0 Å². The summed E-state index contributed by atoms with van der Waals surface area (Å²) in [4.78, 5) is 10.5. The lowest BCUT2D eigenvalue weighted by Crippen LogP contribution is -1.86. The van der Waals surface area contributed by atoms with Crippen LogP contribution in [0.5, 0.6) is 0 Å². The van der Waals surface area contributed by atoms with E-state index in [0.717, 1.165) is 32.5 Å². The van der Waals surface area contributed by atoms with Crippen LogP contribution in [0.3, 0.4) is 0 Å². The van der Waals surface area contributed by atoms with E-state index in [0.29, 0.717) is 5.76 Å². The van der Waals surface area contributed by atoms with Gasteiger partial charge >= 0.3 is 0 Å². The molecule has 0 aliphatic rings. The van der Waals surface area contributed by atoms with Crippen LogP contribution in [-0.4, -0.2) is 4.92 Å². The summed E-state index contributed by atoms with van der Waals surface area (Å²) in [5.41, 5.74) is 3.84. The van der Waals surface area contributed by atoms with Crippen LogP contribution in [0.2, 0.25) is 0 Å². The number of benzene rings is 3. The average molecular weight is 420 g/mol. The van der Waals surface area contributed by atoms with Gasteiger partial charge in [0.15, 0.2) is 0 Å². The lowest BCUT2D eigenvalue weighted by Gasteiger charge is -2.03. The molecule has 5 heteroatoms. The Labute approximate surface area is 164 Å². The van der Waals surface area contributed by atoms with Gasteiger partial charge < -0.3 is 4.42 Å².